The largest absolute Gasteiger partial charge is 0.479 e. The number of rotatable bonds is 8. The van der Waals surface area contributed by atoms with Gasteiger partial charge in [-0.1, -0.05) is 30.1 Å². The first-order valence-electron chi connectivity index (χ1n) is 10.5. The van der Waals surface area contributed by atoms with Crippen molar-refractivity contribution in [2.24, 2.45) is 5.92 Å². The predicted molar refractivity (Wildman–Crippen MR) is 115 cm³/mol. The molecule has 0 unspecified atom stereocenters. The molecule has 0 spiro atoms. The highest BCUT2D eigenvalue weighted by molar-refractivity contribution is 5.91. The molecule has 1 fully saturated rings. The number of benzene rings is 2. The first-order valence-corrected chi connectivity index (χ1v) is 10.5. The van der Waals surface area contributed by atoms with Gasteiger partial charge in [0.05, 0.1) is 6.42 Å². The number of carbonyl (C=O) groups excluding carboxylic acids is 1. The average Bonchev–Trinajstić information content (AvgIpc) is 3.46. The van der Waals surface area contributed by atoms with Crippen LogP contribution in [0.25, 0.3) is 11.4 Å². The van der Waals surface area contributed by atoms with E-state index in [4.69, 9.17) is 14.5 Å². The third kappa shape index (κ3) is 5.70. The molecule has 0 atom stereocenters. The first kappa shape index (κ1) is 20.6. The highest BCUT2D eigenvalue weighted by Crippen LogP contribution is 2.28. The molecule has 4 rings (SSSR count). The van der Waals surface area contributed by atoms with Crippen LogP contribution in [0.1, 0.15) is 43.6 Å². The third-order valence-corrected chi connectivity index (χ3v) is 5.43. The van der Waals surface area contributed by atoms with Crippen LogP contribution in [0.5, 0.6) is 5.75 Å². The Morgan fingerprint density at radius 2 is 1.87 bits per heavy atom. The van der Waals surface area contributed by atoms with E-state index < -0.39 is 0 Å². The summed E-state index contributed by atoms with van der Waals surface area (Å²) in [6, 6.07) is 16.8. The topological polar surface area (TPSA) is 101 Å². The molecule has 2 aromatic carbocycles. The number of carbonyl (C=O) groups is 1. The van der Waals surface area contributed by atoms with Gasteiger partial charge in [-0.2, -0.15) is 10.2 Å². The molecule has 1 amide bonds. The minimum atomic E-state index is 0.0232. The van der Waals surface area contributed by atoms with E-state index in [1.54, 1.807) is 0 Å². The van der Waals surface area contributed by atoms with Crippen molar-refractivity contribution in [1.29, 1.82) is 5.26 Å². The molecule has 1 aliphatic carbocycles. The van der Waals surface area contributed by atoms with Gasteiger partial charge in [-0.05, 0) is 60.7 Å². The Balaban J connectivity index is 1.33. The van der Waals surface area contributed by atoms with Gasteiger partial charge in [-0.3, -0.25) is 4.79 Å². The summed E-state index contributed by atoms with van der Waals surface area (Å²) in [7, 11) is 0. The number of ether oxygens (including phenoxy) is 1. The average molecular weight is 416 g/mol. The summed E-state index contributed by atoms with van der Waals surface area (Å²) in [5, 5.41) is 15.6. The van der Waals surface area contributed by atoms with Crippen LogP contribution in [-0.2, 0) is 11.2 Å². The summed E-state index contributed by atoms with van der Waals surface area (Å²) < 4.78 is 10.6. The van der Waals surface area contributed by atoms with Gasteiger partial charge in [0.15, 0.2) is 6.61 Å². The highest BCUT2D eigenvalue weighted by Gasteiger charge is 2.18. The Kier molecular flexibility index (Phi) is 6.58. The Hall–Kier alpha value is -3.66. The van der Waals surface area contributed by atoms with E-state index in [1.165, 1.54) is 12.8 Å². The monoisotopic (exact) mass is 416 g/mol. The second-order valence-corrected chi connectivity index (χ2v) is 7.76. The van der Waals surface area contributed by atoms with Crippen LogP contribution in [0, 0.1) is 17.2 Å². The quantitative estimate of drug-likeness (QED) is 0.569. The SMILES string of the molecule is N#CCOc1ccc(Cc2nc(-c3ccc(NC(=O)CC4CCCC4)cc3)no2)cc1. The van der Waals surface area contributed by atoms with E-state index in [1.807, 2.05) is 54.6 Å². The van der Waals surface area contributed by atoms with Crippen LogP contribution in [0.2, 0.25) is 0 Å². The number of hydrogen-bond donors (Lipinski definition) is 1. The van der Waals surface area contributed by atoms with Crippen molar-refractivity contribution in [2.45, 2.75) is 38.5 Å². The van der Waals surface area contributed by atoms with Crippen LogP contribution in [0.4, 0.5) is 5.69 Å². The molecule has 31 heavy (non-hydrogen) atoms. The first-order chi connectivity index (χ1) is 15.2. The van der Waals surface area contributed by atoms with Gasteiger partial charge in [0.25, 0.3) is 0 Å². The zero-order valence-corrected chi connectivity index (χ0v) is 17.2. The molecule has 7 nitrogen and oxygen atoms in total. The van der Waals surface area contributed by atoms with Crippen LogP contribution in [0.15, 0.2) is 53.1 Å². The summed E-state index contributed by atoms with van der Waals surface area (Å²) in [5.74, 6) is 2.26. The maximum absolute atomic E-state index is 12.2. The summed E-state index contributed by atoms with van der Waals surface area (Å²) in [6.07, 6.45) is 5.89. The Morgan fingerprint density at radius 3 is 2.58 bits per heavy atom. The van der Waals surface area contributed by atoms with E-state index in [2.05, 4.69) is 15.5 Å². The second kappa shape index (κ2) is 9.90. The van der Waals surface area contributed by atoms with E-state index in [9.17, 15) is 4.79 Å². The van der Waals surface area contributed by atoms with Crippen molar-refractivity contribution in [2.75, 3.05) is 11.9 Å². The van der Waals surface area contributed by atoms with Crippen molar-refractivity contribution in [1.82, 2.24) is 10.1 Å². The van der Waals surface area contributed by atoms with Crippen LogP contribution in [-0.4, -0.2) is 22.7 Å². The predicted octanol–water partition coefficient (Wildman–Crippen LogP) is 4.75. The zero-order valence-electron chi connectivity index (χ0n) is 17.2. The highest BCUT2D eigenvalue weighted by atomic mass is 16.5. The van der Waals surface area contributed by atoms with E-state index in [-0.39, 0.29) is 12.5 Å². The molecule has 1 saturated carbocycles. The minimum Gasteiger partial charge on any atom is -0.479 e. The summed E-state index contributed by atoms with van der Waals surface area (Å²) in [6.45, 7) is 0.0232. The molecule has 1 aromatic heterocycles. The number of nitrogens with one attached hydrogen (secondary N) is 1. The lowest BCUT2D eigenvalue weighted by molar-refractivity contribution is -0.117. The van der Waals surface area contributed by atoms with Gasteiger partial charge in [0, 0.05) is 17.7 Å². The molecular formula is C24H24N4O3. The minimum absolute atomic E-state index is 0.0232. The zero-order chi connectivity index (χ0) is 21.5. The van der Waals surface area contributed by atoms with Gasteiger partial charge in [-0.15, -0.1) is 0 Å². The van der Waals surface area contributed by atoms with Crippen molar-refractivity contribution in [3.05, 3.63) is 60.0 Å². The third-order valence-electron chi connectivity index (χ3n) is 5.43. The molecule has 0 radical (unpaired) electrons. The number of hydrogen-bond acceptors (Lipinski definition) is 6. The summed E-state index contributed by atoms with van der Waals surface area (Å²) in [4.78, 5) is 16.7. The summed E-state index contributed by atoms with van der Waals surface area (Å²) >= 11 is 0. The number of anilines is 1. The lowest BCUT2D eigenvalue weighted by atomic mass is 10.0. The van der Waals surface area contributed by atoms with Crippen molar-refractivity contribution < 1.29 is 14.1 Å². The number of aromatic nitrogens is 2. The van der Waals surface area contributed by atoms with Crippen molar-refractivity contribution in [3.8, 4) is 23.2 Å². The number of nitriles is 1. The fraction of sp³-hybridized carbons (Fsp3) is 0.333. The van der Waals surface area contributed by atoms with E-state index in [0.29, 0.717) is 36.2 Å². The Morgan fingerprint density at radius 1 is 1.13 bits per heavy atom. The maximum atomic E-state index is 12.2. The fourth-order valence-corrected chi connectivity index (χ4v) is 3.83. The molecule has 1 aliphatic rings. The Bertz CT molecular complexity index is 1050. The van der Waals surface area contributed by atoms with E-state index in [0.717, 1.165) is 29.7 Å². The fourth-order valence-electron chi connectivity index (χ4n) is 3.83. The molecule has 1 N–H and O–H groups in total. The molecule has 0 saturated heterocycles. The molecule has 0 bridgehead atoms. The van der Waals surface area contributed by atoms with Crippen LogP contribution < -0.4 is 10.1 Å². The number of nitrogens with zero attached hydrogens (tertiary/aromatic N) is 3. The van der Waals surface area contributed by atoms with Crippen LogP contribution in [0.3, 0.4) is 0 Å². The number of amides is 1. The molecule has 7 heteroatoms. The van der Waals surface area contributed by atoms with Gasteiger partial charge in [-0.25, -0.2) is 0 Å². The molecule has 1 heterocycles. The molecule has 158 valence electrons. The second-order valence-electron chi connectivity index (χ2n) is 7.76. The molecule has 0 aliphatic heterocycles. The van der Waals surface area contributed by atoms with Gasteiger partial charge in [0.2, 0.25) is 17.6 Å². The smallest absolute Gasteiger partial charge is 0.231 e. The lowest BCUT2D eigenvalue weighted by Crippen LogP contribution is -2.14. The van der Waals surface area contributed by atoms with Gasteiger partial charge >= 0.3 is 0 Å². The van der Waals surface area contributed by atoms with Gasteiger partial charge < -0.3 is 14.6 Å². The standard InChI is InChI=1S/C24H24N4O3/c25-13-14-30-21-11-5-18(6-12-21)16-23-27-24(28-31-23)19-7-9-20(10-8-19)26-22(29)15-17-3-1-2-4-17/h5-12,17H,1-4,14-16H2,(H,26,29). The molecular weight excluding hydrogens is 392 g/mol. The van der Waals surface area contributed by atoms with E-state index >= 15 is 0 Å². The molecule has 3 aromatic rings. The maximum Gasteiger partial charge on any atom is 0.231 e. The summed E-state index contributed by atoms with van der Waals surface area (Å²) in [5.41, 5.74) is 2.60. The normalized spacial score (nSPS) is 13.6. The Labute approximate surface area is 181 Å². The van der Waals surface area contributed by atoms with Gasteiger partial charge in [0.1, 0.15) is 11.8 Å². The van der Waals surface area contributed by atoms with Crippen LogP contribution >= 0.6 is 0 Å². The van der Waals surface area contributed by atoms with Crippen molar-refractivity contribution >= 4 is 11.6 Å². The lowest BCUT2D eigenvalue weighted by Gasteiger charge is -2.09. The van der Waals surface area contributed by atoms with Crippen molar-refractivity contribution in [3.63, 3.8) is 0 Å².